The van der Waals surface area contributed by atoms with Crippen molar-refractivity contribution in [3.63, 3.8) is 0 Å². The number of amides is 1. The van der Waals surface area contributed by atoms with E-state index in [1.807, 2.05) is 31.2 Å². The molecule has 0 bridgehead atoms. The first kappa shape index (κ1) is 16.3. The molecule has 26 heavy (non-hydrogen) atoms. The lowest BCUT2D eigenvalue weighted by Crippen LogP contribution is -2.20. The van der Waals surface area contributed by atoms with Crippen LogP contribution in [0.5, 0.6) is 5.75 Å². The minimum atomic E-state index is -0.416. The summed E-state index contributed by atoms with van der Waals surface area (Å²) in [4.78, 5) is 27.9. The zero-order valence-electron chi connectivity index (χ0n) is 13.8. The van der Waals surface area contributed by atoms with E-state index < -0.39 is 5.63 Å². The van der Waals surface area contributed by atoms with E-state index in [2.05, 4.69) is 10.3 Å². The van der Waals surface area contributed by atoms with Crippen LogP contribution in [0.15, 0.2) is 57.7 Å². The average Bonchev–Trinajstić information content (AvgIpc) is 3.01. The van der Waals surface area contributed by atoms with E-state index in [-0.39, 0.29) is 12.5 Å². The number of thiazole rings is 1. The second-order valence-electron chi connectivity index (χ2n) is 5.73. The lowest BCUT2D eigenvalue weighted by molar-refractivity contribution is -0.118. The summed E-state index contributed by atoms with van der Waals surface area (Å²) in [6.07, 6.45) is 0. The summed E-state index contributed by atoms with van der Waals surface area (Å²) >= 11 is 1.40. The molecule has 130 valence electrons. The van der Waals surface area contributed by atoms with Crippen molar-refractivity contribution < 1.29 is 13.9 Å². The smallest absolute Gasteiger partial charge is 0.336 e. The van der Waals surface area contributed by atoms with Crippen LogP contribution in [0.25, 0.3) is 21.2 Å². The molecule has 6 nitrogen and oxygen atoms in total. The van der Waals surface area contributed by atoms with E-state index in [0.29, 0.717) is 16.5 Å². The Bertz CT molecular complexity index is 1150. The predicted molar refractivity (Wildman–Crippen MR) is 101 cm³/mol. The number of benzene rings is 2. The summed E-state index contributed by atoms with van der Waals surface area (Å²) < 4.78 is 11.7. The Morgan fingerprint density at radius 3 is 2.92 bits per heavy atom. The van der Waals surface area contributed by atoms with Gasteiger partial charge in [0.05, 0.1) is 10.2 Å². The van der Waals surface area contributed by atoms with Crippen molar-refractivity contribution in [3.8, 4) is 5.75 Å². The molecule has 0 fully saturated rings. The number of para-hydroxylation sites is 1. The van der Waals surface area contributed by atoms with Gasteiger partial charge in [0.1, 0.15) is 11.3 Å². The monoisotopic (exact) mass is 366 g/mol. The van der Waals surface area contributed by atoms with Gasteiger partial charge in [-0.05, 0) is 36.8 Å². The number of rotatable bonds is 4. The molecule has 2 aromatic heterocycles. The number of carbonyl (C=O) groups is 1. The average molecular weight is 366 g/mol. The minimum absolute atomic E-state index is 0.169. The number of hydrogen-bond donors (Lipinski definition) is 1. The van der Waals surface area contributed by atoms with E-state index in [0.717, 1.165) is 21.2 Å². The van der Waals surface area contributed by atoms with Crippen LogP contribution in [0.2, 0.25) is 0 Å². The van der Waals surface area contributed by atoms with Crippen LogP contribution in [0.3, 0.4) is 0 Å². The van der Waals surface area contributed by atoms with Crippen LogP contribution < -0.4 is 15.7 Å². The maximum Gasteiger partial charge on any atom is 0.336 e. The van der Waals surface area contributed by atoms with Crippen molar-refractivity contribution in [1.29, 1.82) is 0 Å². The number of carbonyl (C=O) groups excluding carboxylic acids is 1. The SMILES string of the molecule is Cc1cc(=O)oc2cc(OCC(=O)Nc3nc4ccccc4s3)ccc12. The molecule has 0 aliphatic rings. The molecule has 0 spiro atoms. The van der Waals surface area contributed by atoms with Crippen LogP contribution in [-0.4, -0.2) is 17.5 Å². The van der Waals surface area contributed by atoms with Crippen LogP contribution in [0, 0.1) is 6.92 Å². The molecule has 0 aliphatic heterocycles. The highest BCUT2D eigenvalue weighted by molar-refractivity contribution is 7.22. The number of anilines is 1. The Morgan fingerprint density at radius 2 is 2.08 bits per heavy atom. The van der Waals surface area contributed by atoms with E-state index >= 15 is 0 Å². The molecule has 0 aliphatic carbocycles. The van der Waals surface area contributed by atoms with Gasteiger partial charge in [-0.3, -0.25) is 10.1 Å². The molecular weight excluding hydrogens is 352 g/mol. The lowest BCUT2D eigenvalue weighted by Gasteiger charge is -2.07. The molecule has 1 amide bonds. The molecule has 2 aromatic carbocycles. The van der Waals surface area contributed by atoms with Gasteiger partial charge < -0.3 is 9.15 Å². The van der Waals surface area contributed by atoms with Crippen molar-refractivity contribution in [2.45, 2.75) is 6.92 Å². The van der Waals surface area contributed by atoms with Gasteiger partial charge in [-0.2, -0.15) is 0 Å². The molecule has 4 rings (SSSR count). The Labute approximate surface area is 152 Å². The third-order valence-electron chi connectivity index (χ3n) is 3.83. The highest BCUT2D eigenvalue weighted by atomic mass is 32.1. The first-order valence-corrected chi connectivity index (χ1v) is 8.73. The standard InChI is InChI=1S/C19H14N2O4S/c1-11-8-18(23)25-15-9-12(6-7-13(11)15)24-10-17(22)21-19-20-14-4-2-3-5-16(14)26-19/h2-9H,10H2,1H3,(H,20,21,22). The Hall–Kier alpha value is -3.19. The Balaban J connectivity index is 1.45. The fourth-order valence-electron chi connectivity index (χ4n) is 2.62. The fourth-order valence-corrected chi connectivity index (χ4v) is 3.51. The molecule has 0 radical (unpaired) electrons. The number of ether oxygens (including phenoxy) is 1. The molecule has 0 saturated heterocycles. The van der Waals surface area contributed by atoms with E-state index in [9.17, 15) is 9.59 Å². The van der Waals surface area contributed by atoms with Crippen molar-refractivity contribution >= 4 is 43.6 Å². The fraction of sp³-hybridized carbons (Fsp3) is 0.105. The molecule has 0 atom stereocenters. The van der Waals surface area contributed by atoms with Crippen LogP contribution >= 0.6 is 11.3 Å². The van der Waals surface area contributed by atoms with Gasteiger partial charge in [-0.1, -0.05) is 23.5 Å². The maximum absolute atomic E-state index is 12.1. The summed E-state index contributed by atoms with van der Waals surface area (Å²) in [5, 5.41) is 4.08. The van der Waals surface area contributed by atoms with Crippen molar-refractivity contribution in [3.05, 3.63) is 64.5 Å². The minimum Gasteiger partial charge on any atom is -0.484 e. The number of aryl methyl sites for hydroxylation is 1. The van der Waals surface area contributed by atoms with Crippen molar-refractivity contribution in [1.82, 2.24) is 4.98 Å². The summed E-state index contributed by atoms with van der Waals surface area (Å²) in [5.74, 6) is 0.139. The second-order valence-corrected chi connectivity index (χ2v) is 6.76. The van der Waals surface area contributed by atoms with Gasteiger partial charge in [0.25, 0.3) is 5.91 Å². The topological polar surface area (TPSA) is 81.4 Å². The molecule has 0 unspecified atom stereocenters. The van der Waals surface area contributed by atoms with Gasteiger partial charge in [-0.15, -0.1) is 0 Å². The zero-order valence-corrected chi connectivity index (χ0v) is 14.6. The largest absolute Gasteiger partial charge is 0.484 e. The highest BCUT2D eigenvalue weighted by Crippen LogP contribution is 2.25. The van der Waals surface area contributed by atoms with E-state index in [1.165, 1.54) is 17.4 Å². The lowest BCUT2D eigenvalue weighted by atomic mass is 10.1. The Kier molecular flexibility index (Phi) is 4.14. The Morgan fingerprint density at radius 1 is 1.23 bits per heavy atom. The van der Waals surface area contributed by atoms with E-state index in [1.54, 1.807) is 18.2 Å². The molecular formula is C19H14N2O4S. The number of fused-ring (bicyclic) bond motifs is 2. The van der Waals surface area contributed by atoms with Crippen LogP contribution in [-0.2, 0) is 4.79 Å². The third kappa shape index (κ3) is 3.29. The highest BCUT2D eigenvalue weighted by Gasteiger charge is 2.09. The normalized spacial score (nSPS) is 11.0. The molecule has 1 N–H and O–H groups in total. The van der Waals surface area contributed by atoms with Gasteiger partial charge in [0.2, 0.25) is 0 Å². The molecule has 2 heterocycles. The first-order valence-electron chi connectivity index (χ1n) is 7.91. The number of aromatic nitrogens is 1. The van der Waals surface area contributed by atoms with E-state index in [4.69, 9.17) is 9.15 Å². The van der Waals surface area contributed by atoms with Crippen LogP contribution in [0.4, 0.5) is 5.13 Å². The number of nitrogens with zero attached hydrogens (tertiary/aromatic N) is 1. The van der Waals surface area contributed by atoms with Crippen molar-refractivity contribution in [2.75, 3.05) is 11.9 Å². The summed E-state index contributed by atoms with van der Waals surface area (Å²) in [5.41, 5.74) is 1.69. The van der Waals surface area contributed by atoms with Crippen molar-refractivity contribution in [2.24, 2.45) is 0 Å². The summed E-state index contributed by atoms with van der Waals surface area (Å²) in [6, 6.07) is 14.2. The second kappa shape index (κ2) is 6.61. The van der Waals surface area contributed by atoms with Gasteiger partial charge in [-0.25, -0.2) is 9.78 Å². The summed E-state index contributed by atoms with van der Waals surface area (Å²) in [7, 11) is 0. The summed E-state index contributed by atoms with van der Waals surface area (Å²) in [6.45, 7) is 1.67. The quantitative estimate of drug-likeness (QED) is 0.557. The molecule has 7 heteroatoms. The van der Waals surface area contributed by atoms with Gasteiger partial charge in [0, 0.05) is 17.5 Å². The number of nitrogens with one attached hydrogen (secondary N) is 1. The van der Waals surface area contributed by atoms with Gasteiger partial charge in [0.15, 0.2) is 11.7 Å². The molecule has 0 saturated carbocycles. The first-order chi connectivity index (χ1) is 12.6. The predicted octanol–water partition coefficient (Wildman–Crippen LogP) is 3.73. The van der Waals surface area contributed by atoms with Crippen LogP contribution in [0.1, 0.15) is 5.56 Å². The zero-order chi connectivity index (χ0) is 18.1. The van der Waals surface area contributed by atoms with Gasteiger partial charge >= 0.3 is 5.63 Å². The number of hydrogen-bond acceptors (Lipinski definition) is 6. The molecule has 4 aromatic rings. The maximum atomic E-state index is 12.1. The third-order valence-corrected chi connectivity index (χ3v) is 4.78.